The molecule has 0 aromatic carbocycles. The van der Waals surface area contributed by atoms with E-state index < -0.39 is 44.7 Å². The molecule has 0 saturated carbocycles. The SMILES string of the molecule is CC/C=C\C[C@@H](O)/C=C/C=C\C=C\[C@@H](O)C/C=C\C/C=C\CCC(=O)OC[C@H](COP(=O)(O)O)OC(=O)CCCCCCCCC(C)CC. The highest BCUT2D eigenvalue weighted by Gasteiger charge is 2.22. The number of unbranched alkanes of at least 4 members (excludes halogenated alkanes) is 5. The summed E-state index contributed by atoms with van der Waals surface area (Å²) >= 11 is 0. The summed E-state index contributed by atoms with van der Waals surface area (Å²) in [7, 11) is -4.79. The summed E-state index contributed by atoms with van der Waals surface area (Å²) < 4.78 is 26.1. The van der Waals surface area contributed by atoms with Crippen LogP contribution in [0, 0.1) is 5.92 Å². The zero-order valence-electron chi connectivity index (χ0n) is 29.9. The van der Waals surface area contributed by atoms with Crippen molar-refractivity contribution in [2.75, 3.05) is 13.2 Å². The number of rotatable bonds is 30. The summed E-state index contributed by atoms with van der Waals surface area (Å²) in [5.41, 5.74) is 0. The molecule has 280 valence electrons. The van der Waals surface area contributed by atoms with E-state index in [1.165, 1.54) is 25.7 Å². The molecular weight excluding hydrogens is 647 g/mol. The third-order valence-electron chi connectivity index (χ3n) is 7.46. The molecule has 0 spiro atoms. The molecule has 0 heterocycles. The first-order valence-corrected chi connectivity index (χ1v) is 19.4. The lowest BCUT2D eigenvalue weighted by molar-refractivity contribution is -0.161. The molecule has 0 aromatic rings. The quantitative estimate of drug-likeness (QED) is 0.0188. The minimum absolute atomic E-state index is 0.0820. The van der Waals surface area contributed by atoms with E-state index in [4.69, 9.17) is 19.3 Å². The van der Waals surface area contributed by atoms with Crippen molar-refractivity contribution >= 4 is 19.8 Å². The first-order chi connectivity index (χ1) is 23.5. The first-order valence-electron chi connectivity index (χ1n) is 17.8. The molecule has 4 N–H and O–H groups in total. The van der Waals surface area contributed by atoms with Crippen molar-refractivity contribution in [3.8, 4) is 0 Å². The summed E-state index contributed by atoms with van der Waals surface area (Å²) in [5, 5.41) is 19.8. The maximum atomic E-state index is 12.3. The van der Waals surface area contributed by atoms with E-state index >= 15 is 0 Å². The lowest BCUT2D eigenvalue weighted by Gasteiger charge is -2.18. The van der Waals surface area contributed by atoms with E-state index in [-0.39, 0.29) is 19.4 Å². The highest BCUT2D eigenvalue weighted by Crippen LogP contribution is 2.36. The molecule has 0 amide bonds. The Hall–Kier alpha value is -2.59. The second-order valence-electron chi connectivity index (χ2n) is 12.1. The van der Waals surface area contributed by atoms with Crippen LogP contribution in [0.2, 0.25) is 0 Å². The number of aliphatic hydroxyl groups is 2. The number of carbonyl (C=O) groups is 2. The molecule has 4 atom stereocenters. The second kappa shape index (κ2) is 31.4. The van der Waals surface area contributed by atoms with E-state index in [0.29, 0.717) is 32.1 Å². The monoisotopic (exact) mass is 710 g/mol. The zero-order valence-corrected chi connectivity index (χ0v) is 30.8. The average molecular weight is 711 g/mol. The molecule has 49 heavy (non-hydrogen) atoms. The Morgan fingerprint density at radius 2 is 1.31 bits per heavy atom. The lowest BCUT2D eigenvalue weighted by atomic mass is 10.00. The Bertz CT molecular complexity index is 1070. The molecule has 0 radical (unpaired) electrons. The standard InChI is InChI=1S/C38H63O10P/c1-4-6-17-25-34(39)27-20-15-16-21-28-35(40)26-19-12-8-10-13-22-29-37(41)46-31-36(32-47-49(43,44)45)48-38(42)30-23-14-9-7-11-18-24-33(3)5-2/h6,10,12-13,15-17,19-21,27-28,33-36,39-40H,4-5,7-9,11,14,18,22-26,29-32H2,1-3H3,(H2,43,44,45)/b13-10-,16-15-,17-6-,19-12-,27-20+,28-21+/t33?,34-,35+,36-/m1/s1. The molecule has 10 nitrogen and oxygen atoms in total. The van der Waals surface area contributed by atoms with Crippen molar-refractivity contribution in [3.63, 3.8) is 0 Å². The number of ether oxygens (including phenoxy) is 2. The van der Waals surface area contributed by atoms with Gasteiger partial charge in [-0.2, -0.15) is 0 Å². The van der Waals surface area contributed by atoms with Crippen LogP contribution in [0.5, 0.6) is 0 Å². The van der Waals surface area contributed by atoms with Crippen molar-refractivity contribution in [3.05, 3.63) is 72.9 Å². The number of carbonyl (C=O) groups excluding carboxylic acids is 2. The van der Waals surface area contributed by atoms with Crippen LogP contribution in [-0.4, -0.2) is 63.5 Å². The van der Waals surface area contributed by atoms with Crippen molar-refractivity contribution in [2.45, 2.75) is 135 Å². The third-order valence-corrected chi connectivity index (χ3v) is 7.95. The fourth-order valence-electron chi connectivity index (χ4n) is 4.37. The van der Waals surface area contributed by atoms with Gasteiger partial charge in [-0.05, 0) is 44.4 Å². The van der Waals surface area contributed by atoms with E-state index in [9.17, 15) is 24.4 Å². The molecule has 1 unspecified atom stereocenters. The fourth-order valence-corrected chi connectivity index (χ4v) is 4.73. The maximum Gasteiger partial charge on any atom is 0.469 e. The Morgan fingerprint density at radius 1 is 0.714 bits per heavy atom. The minimum atomic E-state index is -4.79. The number of hydrogen-bond donors (Lipinski definition) is 4. The highest BCUT2D eigenvalue weighted by atomic mass is 31.2. The van der Waals surface area contributed by atoms with Crippen LogP contribution in [0.25, 0.3) is 0 Å². The van der Waals surface area contributed by atoms with Gasteiger partial charge in [0, 0.05) is 12.8 Å². The van der Waals surface area contributed by atoms with Gasteiger partial charge in [-0.15, -0.1) is 0 Å². The van der Waals surface area contributed by atoms with Gasteiger partial charge >= 0.3 is 19.8 Å². The molecule has 0 aliphatic heterocycles. The van der Waals surface area contributed by atoms with Crippen LogP contribution in [0.3, 0.4) is 0 Å². The van der Waals surface area contributed by atoms with Gasteiger partial charge in [-0.1, -0.05) is 139 Å². The minimum Gasteiger partial charge on any atom is -0.462 e. The Balaban J connectivity index is 4.28. The molecule has 0 saturated heterocycles. The van der Waals surface area contributed by atoms with Crippen molar-refractivity contribution in [1.29, 1.82) is 0 Å². The molecule has 0 aromatic heterocycles. The first kappa shape index (κ1) is 46.4. The van der Waals surface area contributed by atoms with Gasteiger partial charge < -0.3 is 29.5 Å². The Labute approximate surface area is 294 Å². The number of esters is 2. The van der Waals surface area contributed by atoms with Crippen LogP contribution in [0.1, 0.15) is 117 Å². The van der Waals surface area contributed by atoms with Crippen molar-refractivity contribution in [1.82, 2.24) is 0 Å². The molecule has 0 aliphatic rings. The predicted molar refractivity (Wildman–Crippen MR) is 195 cm³/mol. The number of hydrogen-bond acceptors (Lipinski definition) is 8. The van der Waals surface area contributed by atoms with Gasteiger partial charge in [0.05, 0.1) is 18.8 Å². The number of phosphoric acid groups is 1. The third kappa shape index (κ3) is 33.7. The number of allylic oxidation sites excluding steroid dienone is 8. The average Bonchev–Trinajstić information content (AvgIpc) is 3.05. The summed E-state index contributed by atoms with van der Waals surface area (Å²) in [6, 6.07) is 0. The molecule has 0 fully saturated rings. The van der Waals surface area contributed by atoms with Gasteiger partial charge in [0.2, 0.25) is 0 Å². The Kier molecular flexibility index (Phi) is 29.7. The molecule has 0 bridgehead atoms. The van der Waals surface area contributed by atoms with E-state index in [2.05, 4.69) is 18.4 Å². The highest BCUT2D eigenvalue weighted by molar-refractivity contribution is 7.46. The van der Waals surface area contributed by atoms with Crippen LogP contribution in [0.15, 0.2) is 72.9 Å². The van der Waals surface area contributed by atoms with Crippen LogP contribution in [0.4, 0.5) is 0 Å². The van der Waals surface area contributed by atoms with Crippen molar-refractivity contribution < 1.29 is 48.2 Å². The van der Waals surface area contributed by atoms with E-state index in [1.807, 2.05) is 43.4 Å². The second-order valence-corrected chi connectivity index (χ2v) is 13.4. The smallest absolute Gasteiger partial charge is 0.462 e. The normalized spacial score (nSPS) is 15.3. The van der Waals surface area contributed by atoms with E-state index in [0.717, 1.165) is 31.6 Å². The number of phosphoric ester groups is 1. The van der Waals surface area contributed by atoms with E-state index in [1.54, 1.807) is 36.5 Å². The fraction of sp³-hybridized carbons (Fsp3) is 0.632. The zero-order chi connectivity index (χ0) is 36.6. The van der Waals surface area contributed by atoms with Gasteiger partial charge in [-0.25, -0.2) is 4.57 Å². The summed E-state index contributed by atoms with van der Waals surface area (Å²) in [6.07, 6.45) is 31.5. The lowest BCUT2D eigenvalue weighted by Crippen LogP contribution is -2.29. The topological polar surface area (TPSA) is 160 Å². The van der Waals surface area contributed by atoms with Gasteiger partial charge in [0.1, 0.15) is 6.61 Å². The largest absolute Gasteiger partial charge is 0.469 e. The maximum absolute atomic E-state index is 12.3. The summed E-state index contributed by atoms with van der Waals surface area (Å²) in [4.78, 5) is 42.5. The Morgan fingerprint density at radius 3 is 1.92 bits per heavy atom. The van der Waals surface area contributed by atoms with Gasteiger partial charge in [-0.3, -0.25) is 14.1 Å². The predicted octanol–water partition coefficient (Wildman–Crippen LogP) is 8.14. The van der Waals surface area contributed by atoms with Crippen molar-refractivity contribution in [2.24, 2.45) is 5.92 Å². The molecule has 0 rings (SSSR count). The van der Waals surface area contributed by atoms with Crippen LogP contribution < -0.4 is 0 Å². The van der Waals surface area contributed by atoms with Crippen LogP contribution in [-0.2, 0) is 28.2 Å². The summed E-state index contributed by atoms with van der Waals surface area (Å²) in [6.45, 7) is 5.56. The molecular formula is C38H63O10P. The van der Waals surface area contributed by atoms with Gasteiger partial charge in [0.25, 0.3) is 0 Å². The summed E-state index contributed by atoms with van der Waals surface area (Å²) in [5.74, 6) is -0.304. The van der Waals surface area contributed by atoms with Gasteiger partial charge in [0.15, 0.2) is 6.10 Å². The molecule has 11 heteroatoms. The number of aliphatic hydroxyl groups excluding tert-OH is 2. The van der Waals surface area contributed by atoms with Crippen LogP contribution >= 0.6 is 7.82 Å². The molecule has 0 aliphatic carbocycles.